The second kappa shape index (κ2) is 13.6. The van der Waals surface area contributed by atoms with E-state index in [1.54, 1.807) is 34.0 Å². The Kier molecular flexibility index (Phi) is 9.04. The van der Waals surface area contributed by atoms with Gasteiger partial charge < -0.3 is 24.5 Å². The zero-order chi connectivity index (χ0) is 36.7. The van der Waals surface area contributed by atoms with Crippen LogP contribution in [0.4, 0.5) is 24.8 Å². The molecule has 266 valence electrons. The van der Waals surface area contributed by atoms with Crippen molar-refractivity contribution in [3.63, 3.8) is 0 Å². The molecular formula is C38H35F3N8O3. The summed E-state index contributed by atoms with van der Waals surface area (Å²) in [6.07, 6.45) is 11.9. The largest absolute Gasteiger partial charge is 0.508 e. The van der Waals surface area contributed by atoms with E-state index in [0.29, 0.717) is 24.3 Å². The van der Waals surface area contributed by atoms with Gasteiger partial charge in [-0.3, -0.25) is 9.78 Å². The number of amides is 1. The molecule has 3 atom stereocenters. The third-order valence-electron chi connectivity index (χ3n) is 9.82. The molecule has 2 aromatic carbocycles. The van der Waals surface area contributed by atoms with Crippen LogP contribution in [-0.4, -0.2) is 91.9 Å². The Morgan fingerprint density at radius 2 is 2.08 bits per heavy atom. The number of halogens is 3. The molecule has 0 aliphatic carbocycles. The van der Waals surface area contributed by atoms with Gasteiger partial charge in [0.1, 0.15) is 53.5 Å². The number of rotatable bonds is 9. The first-order valence-electron chi connectivity index (χ1n) is 16.7. The van der Waals surface area contributed by atoms with Crippen molar-refractivity contribution in [2.24, 2.45) is 0 Å². The Balaban J connectivity index is 1.34. The van der Waals surface area contributed by atoms with Crippen LogP contribution >= 0.6 is 0 Å². The van der Waals surface area contributed by atoms with Crippen LogP contribution < -0.4 is 14.5 Å². The number of hydrogen-bond acceptors (Lipinski definition) is 10. The normalized spacial score (nSPS) is 20.0. The van der Waals surface area contributed by atoms with Gasteiger partial charge in [-0.1, -0.05) is 18.6 Å². The van der Waals surface area contributed by atoms with Gasteiger partial charge in [-0.15, -0.1) is 6.42 Å². The lowest BCUT2D eigenvalue weighted by atomic mass is 9.96. The number of carbonyl (C=O) groups excluding carboxylic acids is 1. The molecule has 0 bridgehead atoms. The summed E-state index contributed by atoms with van der Waals surface area (Å²) in [4.78, 5) is 39.8. The zero-order valence-electron chi connectivity index (χ0n) is 28.6. The second-order valence-electron chi connectivity index (χ2n) is 13.3. The van der Waals surface area contributed by atoms with Crippen molar-refractivity contribution in [2.75, 3.05) is 43.1 Å². The average Bonchev–Trinajstić information content (AvgIpc) is 3.73. The van der Waals surface area contributed by atoms with Crippen molar-refractivity contribution in [1.29, 1.82) is 0 Å². The number of hydrogen-bond donors (Lipinski definition) is 1. The van der Waals surface area contributed by atoms with Crippen molar-refractivity contribution in [3.8, 4) is 35.4 Å². The maximum absolute atomic E-state index is 17.0. The van der Waals surface area contributed by atoms with E-state index in [2.05, 4.69) is 32.4 Å². The third kappa shape index (κ3) is 6.16. The number of likely N-dealkylation sites (tertiary alicyclic amines) is 1. The summed E-state index contributed by atoms with van der Waals surface area (Å²) in [5.74, 6) is 1.18. The lowest BCUT2D eigenvalue weighted by Gasteiger charge is -2.35. The third-order valence-corrected chi connectivity index (χ3v) is 9.82. The fourth-order valence-electron chi connectivity index (χ4n) is 7.39. The number of anilines is 2. The molecule has 2 fully saturated rings. The highest BCUT2D eigenvalue weighted by atomic mass is 19.1. The first kappa shape index (κ1) is 34.5. The van der Waals surface area contributed by atoms with E-state index in [1.807, 2.05) is 6.92 Å². The van der Waals surface area contributed by atoms with Crippen LogP contribution in [0.15, 0.2) is 61.7 Å². The smallest absolute Gasteiger partial charge is 0.319 e. The van der Waals surface area contributed by atoms with Gasteiger partial charge in [0.05, 0.1) is 23.0 Å². The minimum absolute atomic E-state index is 0.0651. The Hall–Kier alpha value is -5.97. The van der Waals surface area contributed by atoms with Crippen LogP contribution in [0.25, 0.3) is 32.9 Å². The standard InChI is InChI=1S/C38H35F3N8O3/c1-5-26-29(40)10-9-22-14-25(50)15-27(32(22)26)34-33(41)35-28(17-43-34)36(47(4)19-24-8-7-13-48(24)31(51)6-2)46-37(45-35)52-20-38(3)16-23(39)18-49(38)30-11-12-42-21-44-30/h1,6,9-12,14-15,17,21,23-24,50H,2,7-8,13,16,18-20H2,3-4H3/t23-,24+,38+/m1/s1. The summed E-state index contributed by atoms with van der Waals surface area (Å²) in [6, 6.07) is 6.63. The first-order valence-corrected chi connectivity index (χ1v) is 16.7. The number of pyridine rings is 1. The molecule has 0 saturated carbocycles. The number of carbonyl (C=O) groups is 1. The first-order chi connectivity index (χ1) is 25.0. The lowest BCUT2D eigenvalue weighted by Crippen LogP contribution is -2.46. The van der Waals surface area contributed by atoms with E-state index in [4.69, 9.17) is 16.1 Å². The van der Waals surface area contributed by atoms with E-state index < -0.39 is 23.3 Å². The quantitative estimate of drug-likeness (QED) is 0.153. The van der Waals surface area contributed by atoms with Gasteiger partial charge in [-0.2, -0.15) is 9.97 Å². The number of phenols is 1. The van der Waals surface area contributed by atoms with Crippen LogP contribution in [0.1, 0.15) is 31.7 Å². The minimum atomic E-state index is -1.16. The molecule has 2 saturated heterocycles. The monoisotopic (exact) mass is 708 g/mol. The van der Waals surface area contributed by atoms with E-state index >= 15 is 4.39 Å². The number of fused-ring (bicyclic) bond motifs is 2. The number of benzene rings is 2. The van der Waals surface area contributed by atoms with Crippen LogP contribution in [0.2, 0.25) is 0 Å². The summed E-state index contributed by atoms with van der Waals surface area (Å²) >= 11 is 0. The molecule has 2 aliphatic rings. The topological polar surface area (TPSA) is 121 Å². The molecule has 3 aromatic heterocycles. The fourth-order valence-corrected chi connectivity index (χ4v) is 7.39. The summed E-state index contributed by atoms with van der Waals surface area (Å²) in [5, 5.41) is 11.4. The van der Waals surface area contributed by atoms with Crippen molar-refractivity contribution in [1.82, 2.24) is 29.8 Å². The Morgan fingerprint density at radius 1 is 1.25 bits per heavy atom. The Bertz CT molecular complexity index is 2250. The Labute approximate surface area is 297 Å². The highest BCUT2D eigenvalue weighted by Crippen LogP contribution is 2.39. The molecule has 7 rings (SSSR count). The van der Waals surface area contributed by atoms with Crippen molar-refractivity contribution in [2.45, 2.75) is 43.9 Å². The number of ether oxygens (including phenoxy) is 1. The van der Waals surface area contributed by atoms with E-state index in [1.165, 1.54) is 42.9 Å². The zero-order valence-corrected chi connectivity index (χ0v) is 28.6. The molecule has 2 aliphatic heterocycles. The number of phenolic OH excluding ortho intramolecular Hbond substituents is 1. The average molecular weight is 709 g/mol. The number of likely N-dealkylation sites (N-methyl/N-ethyl adjacent to an activating group) is 1. The molecule has 5 heterocycles. The SMILES string of the molecule is C#Cc1c(F)ccc2cc(O)cc(-c3ncc4c(N(C)C[C@@H]5CCCN5C(=O)C=C)nc(OC[C@]5(C)C[C@@H](F)CN5c5ccncn5)nc4c3F)c12. The highest BCUT2D eigenvalue weighted by Gasteiger charge is 2.44. The van der Waals surface area contributed by atoms with Gasteiger partial charge in [-0.05, 0) is 55.5 Å². The molecule has 52 heavy (non-hydrogen) atoms. The lowest BCUT2D eigenvalue weighted by molar-refractivity contribution is -0.126. The number of aromatic hydroxyl groups is 1. The van der Waals surface area contributed by atoms with Gasteiger partial charge in [0.15, 0.2) is 5.82 Å². The van der Waals surface area contributed by atoms with Crippen LogP contribution in [0.3, 0.4) is 0 Å². The van der Waals surface area contributed by atoms with Crippen molar-refractivity contribution < 1.29 is 27.8 Å². The van der Waals surface area contributed by atoms with Gasteiger partial charge in [-0.25, -0.2) is 23.1 Å². The molecule has 0 spiro atoms. The van der Waals surface area contributed by atoms with Crippen molar-refractivity contribution >= 4 is 39.2 Å². The van der Waals surface area contributed by atoms with Gasteiger partial charge in [0.2, 0.25) is 5.91 Å². The van der Waals surface area contributed by atoms with Crippen LogP contribution in [0, 0.1) is 24.0 Å². The number of terminal acetylenes is 1. The maximum atomic E-state index is 17.0. The molecule has 1 amide bonds. The molecule has 14 heteroatoms. The summed E-state index contributed by atoms with van der Waals surface area (Å²) in [6.45, 7) is 6.41. The Morgan fingerprint density at radius 3 is 2.83 bits per heavy atom. The predicted octanol–water partition coefficient (Wildman–Crippen LogP) is 5.60. The molecule has 11 nitrogen and oxygen atoms in total. The van der Waals surface area contributed by atoms with E-state index in [-0.39, 0.29) is 82.2 Å². The maximum Gasteiger partial charge on any atom is 0.319 e. The second-order valence-corrected chi connectivity index (χ2v) is 13.3. The summed E-state index contributed by atoms with van der Waals surface area (Å²) in [5.41, 5.74) is -1.31. The van der Waals surface area contributed by atoms with Crippen LogP contribution in [0.5, 0.6) is 11.8 Å². The van der Waals surface area contributed by atoms with E-state index in [0.717, 1.165) is 12.8 Å². The molecule has 1 N–H and O–H groups in total. The highest BCUT2D eigenvalue weighted by molar-refractivity contribution is 6.03. The van der Waals surface area contributed by atoms with Gasteiger partial charge >= 0.3 is 6.01 Å². The molecular weight excluding hydrogens is 673 g/mol. The van der Waals surface area contributed by atoms with Gasteiger partial charge in [0, 0.05) is 55.9 Å². The predicted molar refractivity (Wildman–Crippen MR) is 191 cm³/mol. The summed E-state index contributed by atoms with van der Waals surface area (Å²) < 4.78 is 53.0. The van der Waals surface area contributed by atoms with Crippen LogP contribution in [-0.2, 0) is 4.79 Å². The number of nitrogens with zero attached hydrogens (tertiary/aromatic N) is 8. The van der Waals surface area contributed by atoms with E-state index in [9.17, 15) is 18.7 Å². The number of alkyl halides is 1. The fraction of sp³-hybridized carbons (Fsp3) is 0.316. The molecule has 5 aromatic rings. The molecule has 0 unspecified atom stereocenters. The van der Waals surface area contributed by atoms with Gasteiger partial charge in [0.25, 0.3) is 0 Å². The minimum Gasteiger partial charge on any atom is -0.508 e. The summed E-state index contributed by atoms with van der Waals surface area (Å²) in [7, 11) is 1.76. The van der Waals surface area contributed by atoms with Crippen molar-refractivity contribution in [3.05, 3.63) is 78.9 Å². The number of aromatic nitrogens is 5. The molecule has 0 radical (unpaired) electrons.